The smallest absolute Gasteiger partial charge is 0.416 e. The van der Waals surface area contributed by atoms with Gasteiger partial charge in [0, 0.05) is 20.6 Å². The van der Waals surface area contributed by atoms with Gasteiger partial charge in [-0.1, -0.05) is 30.3 Å². The van der Waals surface area contributed by atoms with Crippen molar-refractivity contribution in [2.24, 2.45) is 0 Å². The van der Waals surface area contributed by atoms with Crippen molar-refractivity contribution >= 4 is 12.1 Å². The molecule has 6 nitrogen and oxygen atoms in total. The van der Waals surface area contributed by atoms with Gasteiger partial charge in [-0.25, -0.2) is 9.59 Å². The van der Waals surface area contributed by atoms with Gasteiger partial charge in [-0.3, -0.25) is 0 Å². The number of carbonyl (C=O) groups excluding carboxylic acids is 2. The zero-order chi connectivity index (χ0) is 30.9. The maximum Gasteiger partial charge on any atom is 0.416 e. The molecular weight excluding hydrogens is 552 g/mol. The van der Waals surface area contributed by atoms with Crippen molar-refractivity contribution in [3.8, 4) is 0 Å². The second kappa shape index (κ2) is 11.8. The Morgan fingerprint density at radius 2 is 1.46 bits per heavy atom. The van der Waals surface area contributed by atoms with E-state index in [1.165, 1.54) is 23.8 Å². The van der Waals surface area contributed by atoms with Crippen LogP contribution in [0.5, 0.6) is 0 Å². The molecule has 12 heteroatoms. The molecule has 3 rings (SSSR count). The molecule has 3 atom stereocenters. The summed E-state index contributed by atoms with van der Waals surface area (Å²) in [5.41, 5.74) is -3.24. The second-order valence-corrected chi connectivity index (χ2v) is 11.3. The van der Waals surface area contributed by atoms with Gasteiger partial charge in [0.15, 0.2) is 0 Å². The Morgan fingerprint density at radius 1 is 0.927 bits per heavy atom. The molecular formula is C29H35F6N3O3. The van der Waals surface area contributed by atoms with Crippen LogP contribution in [0.1, 0.15) is 74.9 Å². The van der Waals surface area contributed by atoms with E-state index in [1.54, 1.807) is 58.2 Å². The highest BCUT2D eigenvalue weighted by molar-refractivity contribution is 5.76. The van der Waals surface area contributed by atoms with E-state index in [4.69, 9.17) is 4.74 Å². The number of hydrogen-bond acceptors (Lipinski definition) is 3. The van der Waals surface area contributed by atoms with Crippen LogP contribution >= 0.6 is 0 Å². The number of benzene rings is 2. The van der Waals surface area contributed by atoms with Gasteiger partial charge < -0.3 is 19.4 Å². The van der Waals surface area contributed by atoms with Gasteiger partial charge in [0.1, 0.15) is 5.60 Å². The fourth-order valence-electron chi connectivity index (χ4n) is 4.93. The summed E-state index contributed by atoms with van der Waals surface area (Å²) in [6.07, 6.45) is -9.55. The summed E-state index contributed by atoms with van der Waals surface area (Å²) in [7, 11) is 2.92. The summed E-state index contributed by atoms with van der Waals surface area (Å²) in [5.74, 6) is 0. The van der Waals surface area contributed by atoms with Crippen molar-refractivity contribution in [3.63, 3.8) is 0 Å². The van der Waals surface area contributed by atoms with E-state index in [0.29, 0.717) is 25.0 Å². The molecule has 0 bridgehead atoms. The van der Waals surface area contributed by atoms with Crippen molar-refractivity contribution in [1.29, 1.82) is 0 Å². The highest BCUT2D eigenvalue weighted by Gasteiger charge is 2.42. The molecule has 226 valence electrons. The molecule has 2 aromatic rings. The van der Waals surface area contributed by atoms with Gasteiger partial charge in [0.25, 0.3) is 0 Å². The topological polar surface area (TPSA) is 53.1 Å². The predicted molar refractivity (Wildman–Crippen MR) is 141 cm³/mol. The molecule has 2 aromatic carbocycles. The first-order chi connectivity index (χ1) is 18.8. The summed E-state index contributed by atoms with van der Waals surface area (Å²) in [6.45, 7) is 6.85. The molecule has 0 aliphatic carbocycles. The highest BCUT2D eigenvalue weighted by Crippen LogP contribution is 2.40. The maximum atomic E-state index is 13.9. The van der Waals surface area contributed by atoms with Crippen LogP contribution in [0.3, 0.4) is 0 Å². The standard InChI is InChI=1S/C29H35F6N3O3/c1-18(20-15-21(28(30,31)32)17-22(16-20)29(33,34)35)36(5)25(39)38-14-10-13-23(24(38)19-11-8-7-9-12-19)37(6)26(40)41-27(2,3)4/h7-9,11-12,15-18,23-24H,10,13-14H2,1-6H3/t18?,23-,24+/m0/s1. The largest absolute Gasteiger partial charge is 0.444 e. The Kier molecular flexibility index (Phi) is 9.24. The number of carbonyl (C=O) groups is 2. The first-order valence-corrected chi connectivity index (χ1v) is 13.1. The normalized spacial score (nSPS) is 19.0. The molecule has 1 aliphatic rings. The number of amides is 3. The number of piperidine rings is 1. The number of halogens is 6. The third-order valence-electron chi connectivity index (χ3n) is 7.14. The predicted octanol–water partition coefficient (Wildman–Crippen LogP) is 7.91. The zero-order valence-corrected chi connectivity index (χ0v) is 23.8. The molecule has 1 fully saturated rings. The summed E-state index contributed by atoms with van der Waals surface area (Å²) in [4.78, 5) is 30.9. The number of rotatable bonds is 4. The Balaban J connectivity index is 1.99. The maximum absolute atomic E-state index is 13.9. The van der Waals surface area contributed by atoms with Crippen molar-refractivity contribution in [3.05, 3.63) is 70.8 Å². The number of likely N-dealkylation sites (N-methyl/N-ethyl adjacent to an activating group) is 1. The summed E-state index contributed by atoms with van der Waals surface area (Å²) in [6, 6.07) is 7.42. The number of likely N-dealkylation sites (tertiary alicyclic amines) is 1. The minimum absolute atomic E-state index is 0.0607. The van der Waals surface area contributed by atoms with Gasteiger partial charge in [-0.15, -0.1) is 0 Å². The Hall–Kier alpha value is -3.44. The fourth-order valence-corrected chi connectivity index (χ4v) is 4.93. The fraction of sp³-hybridized carbons (Fsp3) is 0.517. The van der Waals surface area contributed by atoms with Gasteiger partial charge >= 0.3 is 24.5 Å². The molecule has 1 aliphatic heterocycles. The van der Waals surface area contributed by atoms with Crippen LogP contribution in [0.15, 0.2) is 48.5 Å². The van der Waals surface area contributed by atoms with Crippen LogP contribution in [0, 0.1) is 0 Å². The van der Waals surface area contributed by atoms with Crippen molar-refractivity contribution in [1.82, 2.24) is 14.7 Å². The Bertz CT molecular complexity index is 1190. The lowest BCUT2D eigenvalue weighted by atomic mass is 9.89. The molecule has 0 aromatic heterocycles. The van der Waals surface area contributed by atoms with Crippen LogP contribution in [0.4, 0.5) is 35.9 Å². The lowest BCUT2D eigenvalue weighted by Gasteiger charge is -2.46. The molecule has 0 radical (unpaired) electrons. The van der Waals surface area contributed by atoms with Gasteiger partial charge in [0.05, 0.1) is 29.3 Å². The van der Waals surface area contributed by atoms with E-state index in [9.17, 15) is 35.9 Å². The Labute approximate surface area is 235 Å². The van der Waals surface area contributed by atoms with Gasteiger partial charge in [-0.2, -0.15) is 26.3 Å². The molecule has 0 N–H and O–H groups in total. The minimum atomic E-state index is -5.01. The van der Waals surface area contributed by atoms with Crippen LogP contribution in [0.25, 0.3) is 0 Å². The van der Waals surface area contributed by atoms with E-state index in [0.717, 1.165) is 10.5 Å². The third kappa shape index (κ3) is 7.65. The monoisotopic (exact) mass is 587 g/mol. The number of nitrogens with zero attached hydrogens (tertiary/aromatic N) is 3. The molecule has 1 heterocycles. The molecule has 41 heavy (non-hydrogen) atoms. The lowest BCUT2D eigenvalue weighted by Crippen LogP contribution is -2.55. The average Bonchev–Trinajstić information content (AvgIpc) is 2.89. The molecule has 0 saturated carbocycles. The lowest BCUT2D eigenvalue weighted by molar-refractivity contribution is -0.143. The minimum Gasteiger partial charge on any atom is -0.444 e. The summed E-state index contributed by atoms with van der Waals surface area (Å²) < 4.78 is 86.4. The highest BCUT2D eigenvalue weighted by atomic mass is 19.4. The third-order valence-corrected chi connectivity index (χ3v) is 7.14. The zero-order valence-electron chi connectivity index (χ0n) is 23.8. The van der Waals surface area contributed by atoms with E-state index >= 15 is 0 Å². The van der Waals surface area contributed by atoms with E-state index in [-0.39, 0.29) is 18.2 Å². The summed E-state index contributed by atoms with van der Waals surface area (Å²) in [5, 5.41) is 0. The van der Waals surface area contributed by atoms with E-state index in [1.807, 2.05) is 0 Å². The van der Waals surface area contributed by atoms with Crippen LogP contribution < -0.4 is 0 Å². The molecule has 0 spiro atoms. The quantitative estimate of drug-likeness (QED) is 0.342. The Morgan fingerprint density at radius 3 is 1.95 bits per heavy atom. The number of alkyl halides is 6. The van der Waals surface area contributed by atoms with E-state index in [2.05, 4.69) is 0 Å². The van der Waals surface area contributed by atoms with Gasteiger partial charge in [0.2, 0.25) is 0 Å². The number of urea groups is 1. The van der Waals surface area contributed by atoms with Crippen molar-refractivity contribution in [2.75, 3.05) is 20.6 Å². The summed E-state index contributed by atoms with van der Waals surface area (Å²) >= 11 is 0. The van der Waals surface area contributed by atoms with E-state index < -0.39 is 59.3 Å². The second-order valence-electron chi connectivity index (χ2n) is 11.3. The number of hydrogen-bond donors (Lipinski definition) is 0. The van der Waals surface area contributed by atoms with Crippen molar-refractivity contribution < 1.29 is 40.7 Å². The SMILES string of the molecule is CC(c1cc(C(F)(F)F)cc(C(F)(F)F)c1)N(C)C(=O)N1CCC[C@H](N(C)C(=O)OC(C)(C)C)[C@H]1c1ccccc1. The van der Waals surface area contributed by atoms with Crippen LogP contribution in [-0.2, 0) is 17.1 Å². The average molecular weight is 588 g/mol. The first-order valence-electron chi connectivity index (χ1n) is 13.1. The van der Waals surface area contributed by atoms with Crippen molar-refractivity contribution in [2.45, 2.75) is 76.6 Å². The number of ether oxygens (including phenoxy) is 1. The van der Waals surface area contributed by atoms with Crippen LogP contribution in [0.2, 0.25) is 0 Å². The molecule has 1 saturated heterocycles. The molecule has 1 unspecified atom stereocenters. The first kappa shape index (κ1) is 32.1. The van der Waals surface area contributed by atoms with Crippen LogP contribution in [-0.4, -0.2) is 59.1 Å². The van der Waals surface area contributed by atoms with Gasteiger partial charge in [-0.05, 0) is 69.9 Å². The molecule has 3 amide bonds.